The quantitative estimate of drug-likeness (QED) is 0.466. The first kappa shape index (κ1) is 28.4. The third-order valence-electron chi connectivity index (χ3n) is 6.33. The second-order valence-electron chi connectivity index (χ2n) is 9.99. The van der Waals surface area contributed by atoms with E-state index in [9.17, 15) is 9.59 Å². The molecule has 1 amide bonds. The molecule has 2 aromatic rings. The number of benzene rings is 2. The number of halogens is 2. The second-order valence-corrected chi connectivity index (χ2v) is 9.99. The predicted octanol–water partition coefficient (Wildman–Crippen LogP) is 4.99. The van der Waals surface area contributed by atoms with Crippen LogP contribution in [-0.4, -0.2) is 55.3 Å². The fourth-order valence-electron chi connectivity index (χ4n) is 4.50. The molecule has 2 aliphatic heterocycles. The van der Waals surface area contributed by atoms with Gasteiger partial charge in [-0.1, -0.05) is 20.8 Å². The Morgan fingerprint density at radius 2 is 1.86 bits per heavy atom. The number of ether oxygens (including phenoxy) is 3. The zero-order chi connectivity index (χ0) is 26.4. The molecule has 8 nitrogen and oxygen atoms in total. The van der Waals surface area contributed by atoms with Crippen LogP contribution in [0.25, 0.3) is 0 Å². The van der Waals surface area contributed by atoms with Gasteiger partial charge in [-0.3, -0.25) is 15.0 Å². The Balaban J connectivity index is 0.00000380. The van der Waals surface area contributed by atoms with Crippen molar-refractivity contribution in [3.05, 3.63) is 46.8 Å². The number of amidine groups is 1. The van der Waals surface area contributed by atoms with Crippen LogP contribution in [0.2, 0.25) is 0 Å². The van der Waals surface area contributed by atoms with E-state index >= 15 is 4.39 Å². The van der Waals surface area contributed by atoms with Gasteiger partial charge in [0.05, 0.1) is 31.0 Å². The molecule has 0 radical (unpaired) electrons. The number of ketones is 1. The lowest BCUT2D eigenvalue weighted by Gasteiger charge is -2.38. The van der Waals surface area contributed by atoms with Crippen LogP contribution in [-0.2, 0) is 11.3 Å². The molecule has 0 bridgehead atoms. The Kier molecular flexibility index (Phi) is 8.21. The molecule has 0 aliphatic carbocycles. The number of Topliss-reactive ketones (excluding diaryl/α,β-unsaturated/α-hetero) is 1. The number of nitrogens with one attached hydrogen (secondary N) is 1. The van der Waals surface area contributed by atoms with Gasteiger partial charge in [0.1, 0.15) is 11.6 Å². The smallest absolute Gasteiger partial charge is 0.268 e. The summed E-state index contributed by atoms with van der Waals surface area (Å²) in [5, 5.41) is 8.54. The largest absolute Gasteiger partial charge is 0.490 e. The van der Waals surface area contributed by atoms with Crippen molar-refractivity contribution in [3.8, 4) is 17.2 Å². The number of hydrogen-bond donors (Lipinski definition) is 1. The van der Waals surface area contributed by atoms with Crippen molar-refractivity contribution in [2.24, 2.45) is 5.41 Å². The van der Waals surface area contributed by atoms with E-state index in [1.807, 2.05) is 20.8 Å². The summed E-state index contributed by atoms with van der Waals surface area (Å²) >= 11 is 0. The molecule has 2 heterocycles. The van der Waals surface area contributed by atoms with Crippen LogP contribution >= 0.6 is 17.0 Å². The van der Waals surface area contributed by atoms with Crippen molar-refractivity contribution in [1.29, 1.82) is 5.41 Å². The Morgan fingerprint density at radius 3 is 2.49 bits per heavy atom. The van der Waals surface area contributed by atoms with Crippen molar-refractivity contribution in [2.45, 2.75) is 47.3 Å². The molecule has 0 aromatic heterocycles. The average Bonchev–Trinajstić information content (AvgIpc) is 3.12. The highest BCUT2D eigenvalue weighted by Gasteiger charge is 2.40. The van der Waals surface area contributed by atoms with Gasteiger partial charge >= 0.3 is 0 Å². The van der Waals surface area contributed by atoms with Crippen molar-refractivity contribution in [2.75, 3.05) is 31.7 Å². The van der Waals surface area contributed by atoms with Gasteiger partial charge in [0.15, 0.2) is 29.2 Å². The first-order chi connectivity index (χ1) is 17.0. The molecule has 37 heavy (non-hydrogen) atoms. The molecular formula is C27H33BrFN3O5. The van der Waals surface area contributed by atoms with Gasteiger partial charge in [-0.05, 0) is 43.7 Å². The van der Waals surface area contributed by atoms with Crippen LogP contribution in [0.4, 0.5) is 10.1 Å². The highest BCUT2D eigenvalue weighted by Crippen LogP contribution is 2.40. The molecule has 0 spiro atoms. The minimum atomic E-state index is -0.655. The van der Waals surface area contributed by atoms with Crippen LogP contribution in [0.1, 0.15) is 56.1 Å². The van der Waals surface area contributed by atoms with Crippen LogP contribution < -0.4 is 19.1 Å². The van der Waals surface area contributed by atoms with Crippen LogP contribution in [0.15, 0.2) is 24.3 Å². The van der Waals surface area contributed by atoms with Crippen molar-refractivity contribution < 1.29 is 28.2 Å². The Bertz CT molecular complexity index is 1240. The van der Waals surface area contributed by atoms with E-state index in [-0.39, 0.29) is 76.7 Å². The van der Waals surface area contributed by atoms with Gasteiger partial charge in [-0.2, -0.15) is 0 Å². The molecule has 200 valence electrons. The lowest BCUT2D eigenvalue weighted by atomic mass is 9.87. The summed E-state index contributed by atoms with van der Waals surface area (Å²) in [6.45, 7) is 10.0. The summed E-state index contributed by atoms with van der Waals surface area (Å²) in [4.78, 5) is 29.1. The number of carbonyl (C=O) groups is 2. The summed E-state index contributed by atoms with van der Waals surface area (Å²) in [5.74, 6) is -0.381. The molecule has 10 heteroatoms. The average molecular weight is 578 g/mol. The molecule has 1 atom stereocenters. The zero-order valence-electron chi connectivity index (χ0n) is 21.9. The van der Waals surface area contributed by atoms with Gasteiger partial charge in [-0.25, -0.2) is 4.39 Å². The summed E-state index contributed by atoms with van der Waals surface area (Å²) in [6.07, 6.45) is -0.627. The van der Waals surface area contributed by atoms with Crippen molar-refractivity contribution >= 4 is 40.2 Å². The minimum Gasteiger partial charge on any atom is -0.490 e. The Labute approximate surface area is 226 Å². The fraction of sp³-hybridized carbons (Fsp3) is 0.444. The topological polar surface area (TPSA) is 92.2 Å². The number of hydrogen-bond acceptors (Lipinski definition) is 6. The molecule has 0 saturated heterocycles. The Morgan fingerprint density at radius 1 is 1.19 bits per heavy atom. The molecule has 0 saturated carbocycles. The number of anilines is 1. The number of rotatable bonds is 7. The number of amides is 1. The third-order valence-corrected chi connectivity index (χ3v) is 6.33. The fourth-order valence-corrected chi connectivity index (χ4v) is 4.50. The normalized spacial score (nSPS) is 16.6. The minimum absolute atomic E-state index is 0. The number of carbonyl (C=O) groups excluding carboxylic acids is 2. The molecule has 2 aromatic carbocycles. The lowest BCUT2D eigenvalue weighted by molar-refractivity contribution is -0.130. The summed E-state index contributed by atoms with van der Waals surface area (Å²) in [5.41, 5.74) is 1.18. The first-order valence-electron chi connectivity index (χ1n) is 12.0. The van der Waals surface area contributed by atoms with Crippen molar-refractivity contribution in [3.63, 3.8) is 0 Å². The molecule has 0 fully saturated rings. The maximum atomic E-state index is 15.3. The van der Waals surface area contributed by atoms with E-state index in [2.05, 4.69) is 0 Å². The first-order valence-corrected chi connectivity index (χ1v) is 12.0. The number of fused-ring (bicyclic) bond motifs is 2. The van der Waals surface area contributed by atoms with E-state index in [4.69, 9.17) is 19.6 Å². The summed E-state index contributed by atoms with van der Waals surface area (Å²) < 4.78 is 32.3. The van der Waals surface area contributed by atoms with Gasteiger partial charge in [-0.15, -0.1) is 17.0 Å². The SMILES string of the molecule is Br.CCOc1cc2c(c(F)c1OCC)C(=N)N(CC(=O)c1ccc3c(c1)N(C)C(=O)C(C(C)(C)C)O3)C2. The summed E-state index contributed by atoms with van der Waals surface area (Å²) in [7, 11) is 1.66. The Hall–Kier alpha value is -3.14. The van der Waals surface area contributed by atoms with Crippen LogP contribution in [0, 0.1) is 16.6 Å². The van der Waals surface area contributed by atoms with Crippen LogP contribution in [0.5, 0.6) is 17.2 Å². The van der Waals surface area contributed by atoms with E-state index < -0.39 is 11.9 Å². The highest BCUT2D eigenvalue weighted by molar-refractivity contribution is 8.93. The number of likely N-dealkylation sites (N-methyl/N-ethyl adjacent to an activating group) is 1. The van der Waals surface area contributed by atoms with E-state index in [1.54, 1.807) is 45.2 Å². The number of nitrogens with zero attached hydrogens (tertiary/aromatic N) is 2. The van der Waals surface area contributed by atoms with E-state index in [1.165, 1.54) is 9.80 Å². The molecule has 1 N–H and O–H groups in total. The molecule has 2 aliphatic rings. The predicted molar refractivity (Wildman–Crippen MR) is 144 cm³/mol. The van der Waals surface area contributed by atoms with Gasteiger partial charge in [0.2, 0.25) is 0 Å². The van der Waals surface area contributed by atoms with E-state index in [0.717, 1.165) is 0 Å². The van der Waals surface area contributed by atoms with Crippen LogP contribution in [0.3, 0.4) is 0 Å². The second kappa shape index (κ2) is 10.7. The standard InChI is InChI=1S/C27H32FN3O5.BrH/c1-7-34-20-12-16-13-31(25(29)21(16)22(28)23(20)35-8-2)14-18(32)15-9-10-19-17(11-15)30(6)26(33)24(36-19)27(3,4)5;/h9-12,24,29H,7-8,13-14H2,1-6H3;1H. The third kappa shape index (κ3) is 5.16. The van der Waals surface area contributed by atoms with Crippen molar-refractivity contribution in [1.82, 2.24) is 4.90 Å². The monoisotopic (exact) mass is 577 g/mol. The maximum Gasteiger partial charge on any atom is 0.268 e. The molecule has 4 rings (SSSR count). The van der Waals surface area contributed by atoms with E-state index in [0.29, 0.717) is 29.2 Å². The molecular weight excluding hydrogens is 545 g/mol. The maximum absolute atomic E-state index is 15.3. The molecule has 1 unspecified atom stereocenters. The highest BCUT2D eigenvalue weighted by atomic mass is 79.9. The van der Waals surface area contributed by atoms with Gasteiger partial charge in [0, 0.05) is 24.6 Å². The zero-order valence-corrected chi connectivity index (χ0v) is 23.7. The van der Waals surface area contributed by atoms with Gasteiger partial charge in [0.25, 0.3) is 5.91 Å². The van der Waals surface area contributed by atoms with Gasteiger partial charge < -0.3 is 24.0 Å². The lowest BCUT2D eigenvalue weighted by Crippen LogP contribution is -2.50. The summed E-state index contributed by atoms with van der Waals surface area (Å²) in [6, 6.07) is 6.64.